The lowest BCUT2D eigenvalue weighted by molar-refractivity contribution is -0.115. The highest BCUT2D eigenvalue weighted by molar-refractivity contribution is 7.80. The van der Waals surface area contributed by atoms with Gasteiger partial charge in [0.05, 0.1) is 6.61 Å². The van der Waals surface area contributed by atoms with Crippen molar-refractivity contribution in [2.24, 2.45) is 0 Å². The van der Waals surface area contributed by atoms with E-state index in [1.807, 2.05) is 85.8 Å². The van der Waals surface area contributed by atoms with Crippen LogP contribution in [0.3, 0.4) is 0 Å². The van der Waals surface area contributed by atoms with E-state index in [0.29, 0.717) is 6.61 Å². The maximum atomic E-state index is 12.1. The first kappa shape index (κ1) is 21.1. The number of thiocarbonyl (C=S) groups is 1. The molecule has 3 N–H and O–H groups in total. The Bertz CT molecular complexity index is 1000. The number of nitrogens with one attached hydrogen (secondary N) is 3. The third-order valence-electron chi connectivity index (χ3n) is 4.06. The minimum absolute atomic E-state index is 0.236. The van der Waals surface area contributed by atoms with E-state index in [9.17, 15) is 4.79 Å². The van der Waals surface area contributed by atoms with Gasteiger partial charge in [-0.05, 0) is 79.3 Å². The summed E-state index contributed by atoms with van der Waals surface area (Å²) in [4.78, 5) is 12.1. The van der Waals surface area contributed by atoms with Gasteiger partial charge in [-0.1, -0.05) is 30.3 Å². The molecule has 30 heavy (non-hydrogen) atoms. The molecule has 152 valence electrons. The normalized spacial score (nSPS) is 10.4. The number of hydrogen-bond donors (Lipinski definition) is 3. The second-order valence-electron chi connectivity index (χ2n) is 6.35. The number of para-hydroxylation sites is 1. The van der Waals surface area contributed by atoms with Crippen LogP contribution in [0.15, 0.2) is 84.9 Å². The summed E-state index contributed by atoms with van der Waals surface area (Å²) in [5.74, 6) is 0.498. The zero-order valence-corrected chi connectivity index (χ0v) is 17.4. The molecular formula is C24H23N3O2S. The summed E-state index contributed by atoms with van der Waals surface area (Å²) in [6.45, 7) is 2.55. The van der Waals surface area contributed by atoms with Gasteiger partial charge in [0.15, 0.2) is 5.11 Å². The Balaban J connectivity index is 1.48. The quantitative estimate of drug-likeness (QED) is 0.357. The first-order chi connectivity index (χ1) is 14.6. The summed E-state index contributed by atoms with van der Waals surface area (Å²) in [5.41, 5.74) is 3.66. The largest absolute Gasteiger partial charge is 0.494 e. The van der Waals surface area contributed by atoms with Crippen LogP contribution >= 0.6 is 12.2 Å². The lowest BCUT2D eigenvalue weighted by Gasteiger charge is -2.10. The second kappa shape index (κ2) is 10.8. The maximum absolute atomic E-state index is 12.1. The van der Waals surface area contributed by atoms with Crippen molar-refractivity contribution in [1.82, 2.24) is 5.32 Å². The van der Waals surface area contributed by atoms with E-state index in [1.54, 1.807) is 6.08 Å². The van der Waals surface area contributed by atoms with Crippen molar-refractivity contribution in [3.8, 4) is 5.75 Å². The molecule has 0 aliphatic heterocycles. The lowest BCUT2D eigenvalue weighted by Crippen LogP contribution is -2.32. The van der Waals surface area contributed by atoms with Gasteiger partial charge in [0.25, 0.3) is 0 Å². The molecule has 6 heteroatoms. The average Bonchev–Trinajstić information content (AvgIpc) is 2.75. The van der Waals surface area contributed by atoms with E-state index < -0.39 is 0 Å². The molecule has 0 heterocycles. The first-order valence-corrected chi connectivity index (χ1v) is 9.98. The lowest BCUT2D eigenvalue weighted by atomic mass is 10.2. The molecular weight excluding hydrogens is 394 g/mol. The number of amides is 1. The van der Waals surface area contributed by atoms with Crippen LogP contribution in [0.4, 0.5) is 17.1 Å². The van der Waals surface area contributed by atoms with Gasteiger partial charge >= 0.3 is 0 Å². The van der Waals surface area contributed by atoms with Gasteiger partial charge in [0.1, 0.15) is 5.75 Å². The van der Waals surface area contributed by atoms with Crippen LogP contribution in [0.1, 0.15) is 12.5 Å². The number of carbonyl (C=O) groups is 1. The molecule has 0 aliphatic rings. The van der Waals surface area contributed by atoms with Crippen LogP contribution < -0.4 is 20.7 Å². The Hall–Kier alpha value is -3.64. The number of rotatable bonds is 7. The molecule has 0 saturated carbocycles. The molecule has 3 aromatic rings. The van der Waals surface area contributed by atoms with Crippen LogP contribution in [-0.2, 0) is 4.79 Å². The van der Waals surface area contributed by atoms with Crippen molar-refractivity contribution in [3.63, 3.8) is 0 Å². The third-order valence-corrected chi connectivity index (χ3v) is 4.26. The Morgan fingerprint density at radius 3 is 2.20 bits per heavy atom. The van der Waals surface area contributed by atoms with Crippen LogP contribution in [0.2, 0.25) is 0 Å². The van der Waals surface area contributed by atoms with Crippen LogP contribution in [0, 0.1) is 0 Å². The predicted molar refractivity (Wildman–Crippen MR) is 127 cm³/mol. The van der Waals surface area contributed by atoms with Gasteiger partial charge in [0.2, 0.25) is 5.91 Å². The summed E-state index contributed by atoms with van der Waals surface area (Å²) in [7, 11) is 0. The van der Waals surface area contributed by atoms with Crippen molar-refractivity contribution < 1.29 is 9.53 Å². The molecule has 0 fully saturated rings. The monoisotopic (exact) mass is 417 g/mol. The zero-order chi connectivity index (χ0) is 21.2. The molecule has 3 aromatic carbocycles. The van der Waals surface area contributed by atoms with E-state index in [2.05, 4.69) is 16.0 Å². The Labute approximate surface area is 181 Å². The average molecular weight is 418 g/mol. The van der Waals surface area contributed by atoms with E-state index >= 15 is 0 Å². The smallest absolute Gasteiger partial charge is 0.250 e. The van der Waals surface area contributed by atoms with E-state index in [4.69, 9.17) is 17.0 Å². The number of ether oxygens (including phenoxy) is 1. The summed E-state index contributed by atoms with van der Waals surface area (Å²) >= 11 is 5.22. The third kappa shape index (κ3) is 6.76. The SMILES string of the molecule is CCOc1ccc(/C=C/C(=O)NC(=S)Nc2ccc(Nc3ccccc3)cc2)cc1. The zero-order valence-electron chi connectivity index (χ0n) is 16.6. The molecule has 0 atom stereocenters. The van der Waals surface area contributed by atoms with Crippen molar-refractivity contribution in [2.45, 2.75) is 6.92 Å². The molecule has 0 spiro atoms. The van der Waals surface area contributed by atoms with Crippen molar-refractivity contribution in [1.29, 1.82) is 0 Å². The molecule has 0 aliphatic carbocycles. The van der Waals surface area contributed by atoms with Crippen LogP contribution in [-0.4, -0.2) is 17.6 Å². The van der Waals surface area contributed by atoms with Crippen molar-refractivity contribution in [2.75, 3.05) is 17.2 Å². The van der Waals surface area contributed by atoms with Crippen molar-refractivity contribution in [3.05, 3.63) is 90.5 Å². The minimum atomic E-state index is -0.302. The number of benzene rings is 3. The van der Waals surface area contributed by atoms with E-state index in [-0.39, 0.29) is 11.0 Å². The van der Waals surface area contributed by atoms with Gasteiger partial charge in [0, 0.05) is 23.1 Å². The van der Waals surface area contributed by atoms with E-state index in [0.717, 1.165) is 28.4 Å². The molecule has 0 saturated heterocycles. The second-order valence-corrected chi connectivity index (χ2v) is 6.76. The number of anilines is 3. The molecule has 0 aromatic heterocycles. The van der Waals surface area contributed by atoms with Gasteiger partial charge < -0.3 is 15.4 Å². The predicted octanol–water partition coefficient (Wildman–Crippen LogP) is 5.36. The highest BCUT2D eigenvalue weighted by atomic mass is 32.1. The molecule has 5 nitrogen and oxygen atoms in total. The van der Waals surface area contributed by atoms with Gasteiger partial charge in [-0.2, -0.15) is 0 Å². The summed E-state index contributed by atoms with van der Waals surface area (Å²) in [6.07, 6.45) is 3.16. The molecule has 1 amide bonds. The number of hydrogen-bond acceptors (Lipinski definition) is 4. The van der Waals surface area contributed by atoms with Gasteiger partial charge in [-0.15, -0.1) is 0 Å². The molecule has 3 rings (SSSR count). The molecule has 0 bridgehead atoms. The van der Waals surface area contributed by atoms with Crippen LogP contribution in [0.25, 0.3) is 6.08 Å². The first-order valence-electron chi connectivity index (χ1n) is 9.57. The summed E-state index contributed by atoms with van der Waals surface area (Å²) in [5, 5.41) is 9.19. The van der Waals surface area contributed by atoms with E-state index in [1.165, 1.54) is 6.08 Å². The fourth-order valence-electron chi connectivity index (χ4n) is 2.65. The Morgan fingerprint density at radius 2 is 1.53 bits per heavy atom. The van der Waals surface area contributed by atoms with Gasteiger partial charge in [-0.3, -0.25) is 10.1 Å². The molecule has 0 unspecified atom stereocenters. The fraction of sp³-hybridized carbons (Fsp3) is 0.0833. The standard InChI is InChI=1S/C24H23N3O2S/c1-2-29-22-15-8-18(9-16-22)10-17-23(28)27-24(30)26-21-13-11-20(12-14-21)25-19-6-4-3-5-7-19/h3-17,25H,2H2,1H3,(H2,26,27,28,30)/b17-10+. The van der Waals surface area contributed by atoms with Crippen molar-refractivity contribution >= 4 is 46.4 Å². The minimum Gasteiger partial charge on any atom is -0.494 e. The maximum Gasteiger partial charge on any atom is 0.250 e. The summed E-state index contributed by atoms with van der Waals surface area (Å²) in [6, 6.07) is 25.1. The highest BCUT2D eigenvalue weighted by Gasteiger charge is 2.02. The Morgan fingerprint density at radius 1 is 0.900 bits per heavy atom. The Kier molecular flexibility index (Phi) is 7.58. The van der Waals surface area contributed by atoms with Crippen LogP contribution in [0.5, 0.6) is 5.75 Å². The molecule has 0 radical (unpaired) electrons. The fourth-order valence-corrected chi connectivity index (χ4v) is 2.87. The highest BCUT2D eigenvalue weighted by Crippen LogP contribution is 2.18. The number of carbonyl (C=O) groups excluding carboxylic acids is 1. The van der Waals surface area contributed by atoms with Gasteiger partial charge in [-0.25, -0.2) is 0 Å². The topological polar surface area (TPSA) is 62.4 Å². The summed E-state index contributed by atoms with van der Waals surface area (Å²) < 4.78 is 5.40.